The average molecular weight is 479 g/mol. The van der Waals surface area contributed by atoms with Gasteiger partial charge in [0.1, 0.15) is 6.07 Å². The number of amides is 2. The molecule has 0 aliphatic carbocycles. The van der Waals surface area contributed by atoms with Crippen molar-refractivity contribution in [3.8, 4) is 6.07 Å². The molecule has 6 nitrogen and oxygen atoms in total. The van der Waals surface area contributed by atoms with Crippen molar-refractivity contribution < 1.29 is 9.59 Å². The lowest BCUT2D eigenvalue weighted by molar-refractivity contribution is -0.149. The number of piperidine rings is 1. The second-order valence-electron chi connectivity index (χ2n) is 9.45. The molecule has 2 aliphatic heterocycles. The average Bonchev–Trinajstić information content (AvgIpc) is 2.95. The molecule has 5 rings (SSSR count). The van der Waals surface area contributed by atoms with Crippen LogP contribution < -0.4 is 4.90 Å². The number of carbonyl (C=O) groups excluding carboxylic acids is 2. The van der Waals surface area contributed by atoms with Crippen LogP contribution in [0.25, 0.3) is 0 Å². The van der Waals surface area contributed by atoms with Crippen molar-refractivity contribution in [1.29, 1.82) is 5.26 Å². The molecule has 2 unspecified atom stereocenters. The summed E-state index contributed by atoms with van der Waals surface area (Å²) < 4.78 is 0. The Balaban J connectivity index is 1.37. The first-order valence-corrected chi connectivity index (χ1v) is 12.6. The van der Waals surface area contributed by atoms with Gasteiger partial charge in [0.15, 0.2) is 0 Å². The zero-order chi connectivity index (χ0) is 24.9. The monoisotopic (exact) mass is 478 g/mol. The summed E-state index contributed by atoms with van der Waals surface area (Å²) in [7, 11) is 0. The molecule has 0 aromatic heterocycles. The van der Waals surface area contributed by atoms with Gasteiger partial charge >= 0.3 is 0 Å². The van der Waals surface area contributed by atoms with Crippen LogP contribution in [-0.4, -0.2) is 47.8 Å². The summed E-state index contributed by atoms with van der Waals surface area (Å²) in [6.07, 6.45) is 0.933. The zero-order valence-corrected chi connectivity index (χ0v) is 20.3. The van der Waals surface area contributed by atoms with E-state index in [0.29, 0.717) is 51.1 Å². The highest BCUT2D eigenvalue weighted by Crippen LogP contribution is 2.39. The summed E-state index contributed by atoms with van der Waals surface area (Å²) in [6, 6.07) is 29.5. The van der Waals surface area contributed by atoms with E-state index in [0.717, 1.165) is 16.8 Å². The number of hydrogen-bond acceptors (Lipinski definition) is 4. The fourth-order valence-corrected chi connectivity index (χ4v) is 5.49. The van der Waals surface area contributed by atoms with Crippen LogP contribution >= 0.6 is 0 Å². The number of nitriles is 1. The Labute approximate surface area is 212 Å². The predicted molar refractivity (Wildman–Crippen MR) is 139 cm³/mol. The maximum absolute atomic E-state index is 13.9. The number of piperazine rings is 1. The molecule has 182 valence electrons. The third-order valence-corrected chi connectivity index (χ3v) is 7.32. The van der Waals surface area contributed by atoms with Gasteiger partial charge in [-0.05, 0) is 29.7 Å². The van der Waals surface area contributed by atoms with E-state index >= 15 is 0 Å². The Morgan fingerprint density at radius 2 is 1.50 bits per heavy atom. The van der Waals surface area contributed by atoms with Gasteiger partial charge < -0.3 is 14.7 Å². The Morgan fingerprint density at radius 1 is 0.861 bits per heavy atom. The standard InChI is InChI=1S/C30H30N4O2/c31-21-25-13-7-8-14-27(25)32-17-19-33(20-18-32)30(36)26-15-16-28(35)34(22-23-9-3-1-4-10-23)29(26)24-11-5-2-6-12-24/h1-14,26,29H,15-20,22H2. The third-order valence-electron chi connectivity index (χ3n) is 7.32. The third kappa shape index (κ3) is 4.83. The molecule has 2 aliphatic rings. The summed E-state index contributed by atoms with van der Waals surface area (Å²) in [5, 5.41) is 9.48. The molecule has 2 amide bonds. The Morgan fingerprint density at radius 3 is 2.19 bits per heavy atom. The van der Waals surface area contributed by atoms with Crippen LogP contribution in [-0.2, 0) is 16.1 Å². The normalized spacial score (nSPS) is 20.2. The topological polar surface area (TPSA) is 67.6 Å². The van der Waals surface area contributed by atoms with E-state index in [-0.39, 0.29) is 23.8 Å². The SMILES string of the molecule is N#Cc1ccccc1N1CCN(C(=O)C2CCC(=O)N(Cc3ccccc3)C2c2ccccc2)CC1. The lowest BCUT2D eigenvalue weighted by Crippen LogP contribution is -2.54. The molecule has 2 fully saturated rings. The van der Waals surface area contributed by atoms with E-state index in [4.69, 9.17) is 0 Å². The minimum absolute atomic E-state index is 0.0923. The van der Waals surface area contributed by atoms with Crippen LogP contribution in [0.3, 0.4) is 0 Å². The molecule has 3 aromatic carbocycles. The van der Waals surface area contributed by atoms with Crippen molar-refractivity contribution in [2.24, 2.45) is 5.92 Å². The Bertz CT molecular complexity index is 1250. The second kappa shape index (κ2) is 10.7. The summed E-state index contributed by atoms with van der Waals surface area (Å²) >= 11 is 0. The Kier molecular flexibility index (Phi) is 6.99. The number of rotatable bonds is 5. The number of likely N-dealkylation sites (tertiary alicyclic amines) is 1. The van der Waals surface area contributed by atoms with Crippen LogP contribution in [0.4, 0.5) is 5.69 Å². The summed E-state index contributed by atoms with van der Waals surface area (Å²) in [5.41, 5.74) is 3.64. The van der Waals surface area contributed by atoms with Crippen molar-refractivity contribution in [2.75, 3.05) is 31.1 Å². The van der Waals surface area contributed by atoms with Gasteiger partial charge in [-0.15, -0.1) is 0 Å². The first-order valence-electron chi connectivity index (χ1n) is 12.6. The number of hydrogen-bond donors (Lipinski definition) is 0. The number of nitrogens with zero attached hydrogens (tertiary/aromatic N) is 4. The van der Waals surface area contributed by atoms with Gasteiger partial charge in [0, 0.05) is 39.1 Å². The highest BCUT2D eigenvalue weighted by Gasteiger charge is 2.42. The fraction of sp³-hybridized carbons (Fsp3) is 0.300. The number of para-hydroxylation sites is 1. The van der Waals surface area contributed by atoms with Gasteiger partial charge in [0.05, 0.1) is 23.2 Å². The largest absolute Gasteiger partial charge is 0.367 e. The van der Waals surface area contributed by atoms with Crippen molar-refractivity contribution in [2.45, 2.75) is 25.4 Å². The molecule has 0 saturated carbocycles. The van der Waals surface area contributed by atoms with Gasteiger partial charge in [-0.25, -0.2) is 0 Å². The van der Waals surface area contributed by atoms with Gasteiger partial charge in [-0.3, -0.25) is 9.59 Å². The molecule has 0 radical (unpaired) electrons. The minimum atomic E-state index is -0.294. The summed E-state index contributed by atoms with van der Waals surface area (Å²) in [4.78, 5) is 33.1. The lowest BCUT2D eigenvalue weighted by Gasteiger charge is -2.44. The predicted octanol–water partition coefficient (Wildman–Crippen LogP) is 4.39. The number of anilines is 1. The molecular formula is C30H30N4O2. The zero-order valence-electron chi connectivity index (χ0n) is 20.3. The molecule has 0 spiro atoms. The Hall–Kier alpha value is -4.11. The molecular weight excluding hydrogens is 448 g/mol. The molecule has 2 heterocycles. The molecule has 6 heteroatoms. The van der Waals surface area contributed by atoms with Crippen LogP contribution in [0.15, 0.2) is 84.9 Å². The van der Waals surface area contributed by atoms with Crippen LogP contribution in [0.1, 0.15) is 35.6 Å². The van der Waals surface area contributed by atoms with Gasteiger partial charge in [-0.1, -0.05) is 72.8 Å². The van der Waals surface area contributed by atoms with Crippen LogP contribution in [0, 0.1) is 17.2 Å². The smallest absolute Gasteiger partial charge is 0.228 e. The van der Waals surface area contributed by atoms with Gasteiger partial charge in [0.2, 0.25) is 11.8 Å². The molecule has 3 aromatic rings. The first-order chi connectivity index (χ1) is 17.7. The van der Waals surface area contributed by atoms with Crippen molar-refractivity contribution >= 4 is 17.5 Å². The van der Waals surface area contributed by atoms with E-state index in [1.165, 1.54) is 0 Å². The fourth-order valence-electron chi connectivity index (χ4n) is 5.49. The maximum Gasteiger partial charge on any atom is 0.228 e. The molecule has 36 heavy (non-hydrogen) atoms. The quantitative estimate of drug-likeness (QED) is 0.546. The molecule has 2 saturated heterocycles. The highest BCUT2D eigenvalue weighted by atomic mass is 16.2. The highest BCUT2D eigenvalue weighted by molar-refractivity contribution is 5.85. The second-order valence-corrected chi connectivity index (χ2v) is 9.45. The maximum atomic E-state index is 13.9. The van der Waals surface area contributed by atoms with Gasteiger partial charge in [0.25, 0.3) is 0 Å². The van der Waals surface area contributed by atoms with E-state index < -0.39 is 0 Å². The lowest BCUT2D eigenvalue weighted by atomic mass is 9.82. The van der Waals surface area contributed by atoms with Crippen LogP contribution in [0.5, 0.6) is 0 Å². The summed E-state index contributed by atoms with van der Waals surface area (Å²) in [6.45, 7) is 3.05. The van der Waals surface area contributed by atoms with Crippen molar-refractivity contribution in [3.05, 3.63) is 102 Å². The minimum Gasteiger partial charge on any atom is -0.367 e. The molecule has 0 N–H and O–H groups in total. The van der Waals surface area contributed by atoms with Crippen LogP contribution in [0.2, 0.25) is 0 Å². The van der Waals surface area contributed by atoms with Crippen molar-refractivity contribution in [1.82, 2.24) is 9.80 Å². The first kappa shape index (κ1) is 23.6. The van der Waals surface area contributed by atoms with E-state index in [2.05, 4.69) is 11.0 Å². The van der Waals surface area contributed by atoms with Gasteiger partial charge in [-0.2, -0.15) is 5.26 Å². The number of carbonyl (C=O) groups is 2. The van der Waals surface area contributed by atoms with E-state index in [9.17, 15) is 14.9 Å². The molecule has 0 bridgehead atoms. The number of benzene rings is 3. The molecule has 2 atom stereocenters. The summed E-state index contributed by atoms with van der Waals surface area (Å²) in [5.74, 6) is -0.0796. The van der Waals surface area contributed by atoms with E-state index in [1.54, 1.807) is 0 Å². The van der Waals surface area contributed by atoms with Crippen molar-refractivity contribution in [3.63, 3.8) is 0 Å². The van der Waals surface area contributed by atoms with E-state index in [1.807, 2.05) is 94.7 Å².